The van der Waals surface area contributed by atoms with E-state index in [4.69, 9.17) is 11.6 Å². The van der Waals surface area contributed by atoms with Crippen molar-refractivity contribution in [2.45, 2.75) is 17.5 Å². The third-order valence-electron chi connectivity index (χ3n) is 4.47. The van der Waals surface area contributed by atoms with Gasteiger partial charge < -0.3 is 10.6 Å². The second kappa shape index (κ2) is 7.82. The molecule has 1 aliphatic heterocycles. The zero-order valence-electron chi connectivity index (χ0n) is 15.4. The molecule has 30 heavy (non-hydrogen) atoms. The Morgan fingerprint density at radius 1 is 1.13 bits per heavy atom. The lowest BCUT2D eigenvalue weighted by atomic mass is 10.1. The minimum atomic E-state index is -1.59. The van der Waals surface area contributed by atoms with Gasteiger partial charge >= 0.3 is 0 Å². The van der Waals surface area contributed by atoms with Crippen LogP contribution in [-0.4, -0.2) is 10.9 Å². The van der Waals surface area contributed by atoms with Crippen molar-refractivity contribution in [3.05, 3.63) is 82.4 Å². The molecule has 3 N–H and O–H groups in total. The Labute approximate surface area is 179 Å². The van der Waals surface area contributed by atoms with Gasteiger partial charge in [0.25, 0.3) is 5.91 Å². The van der Waals surface area contributed by atoms with Gasteiger partial charge in [-0.1, -0.05) is 11.6 Å². The highest BCUT2D eigenvalue weighted by atomic mass is 35.5. The number of pyridine rings is 1. The summed E-state index contributed by atoms with van der Waals surface area (Å²) in [7, 11) is 0. The quantitative estimate of drug-likeness (QED) is 0.373. The summed E-state index contributed by atoms with van der Waals surface area (Å²) in [6, 6.07) is 9.90. The molecule has 0 saturated heterocycles. The van der Waals surface area contributed by atoms with Gasteiger partial charge in [0.2, 0.25) is 0 Å². The molecule has 0 bridgehead atoms. The number of nitrogens with one attached hydrogen (secondary N) is 3. The van der Waals surface area contributed by atoms with E-state index in [-0.39, 0.29) is 11.3 Å². The lowest BCUT2D eigenvalue weighted by molar-refractivity contribution is 0.102. The second-order valence-corrected chi connectivity index (χ2v) is 8.02. The molecule has 4 rings (SSSR count). The van der Waals surface area contributed by atoms with Gasteiger partial charge in [-0.3, -0.25) is 9.78 Å². The Morgan fingerprint density at radius 3 is 2.53 bits per heavy atom. The second-order valence-electron chi connectivity index (χ2n) is 6.73. The van der Waals surface area contributed by atoms with Crippen molar-refractivity contribution >= 4 is 40.8 Å². The fourth-order valence-corrected chi connectivity index (χ4v) is 3.92. The van der Waals surface area contributed by atoms with Gasteiger partial charge in [-0.25, -0.2) is 17.9 Å². The summed E-state index contributed by atoms with van der Waals surface area (Å²) >= 11 is 7.20. The van der Waals surface area contributed by atoms with E-state index < -0.39 is 29.0 Å². The molecule has 1 amide bonds. The van der Waals surface area contributed by atoms with E-state index in [1.54, 1.807) is 36.5 Å². The van der Waals surface area contributed by atoms with Gasteiger partial charge in [-0.15, -0.1) is 0 Å². The fraction of sp³-hybridized carbons (Fsp3) is 0.100. The van der Waals surface area contributed by atoms with E-state index in [0.29, 0.717) is 5.02 Å². The van der Waals surface area contributed by atoms with Crippen LogP contribution in [0.25, 0.3) is 0 Å². The first-order chi connectivity index (χ1) is 14.2. The number of aromatic nitrogens is 1. The van der Waals surface area contributed by atoms with Crippen molar-refractivity contribution in [1.29, 1.82) is 0 Å². The summed E-state index contributed by atoms with van der Waals surface area (Å²) in [5.74, 6) is -4.94. The van der Waals surface area contributed by atoms with Gasteiger partial charge in [0.15, 0.2) is 17.5 Å². The Bertz CT molecular complexity index is 1120. The van der Waals surface area contributed by atoms with E-state index in [2.05, 4.69) is 20.3 Å². The number of carbonyl (C=O) groups is 1. The van der Waals surface area contributed by atoms with Crippen LogP contribution in [0.4, 0.5) is 24.5 Å². The molecule has 1 aromatic heterocycles. The summed E-state index contributed by atoms with van der Waals surface area (Å²) in [6.07, 6.45) is 1.56. The molecule has 1 atom stereocenters. The number of carbonyl (C=O) groups excluding carboxylic acids is 1. The highest BCUT2D eigenvalue weighted by Gasteiger charge is 2.33. The van der Waals surface area contributed by atoms with Crippen LogP contribution < -0.4 is 15.4 Å². The molecule has 5 nitrogen and oxygen atoms in total. The van der Waals surface area contributed by atoms with Gasteiger partial charge in [-0.05, 0) is 49.2 Å². The van der Waals surface area contributed by atoms with Crippen molar-refractivity contribution in [3.63, 3.8) is 0 Å². The molecular weight excluding hydrogens is 437 g/mol. The molecule has 3 aromatic rings. The third kappa shape index (κ3) is 3.96. The lowest BCUT2D eigenvalue weighted by Crippen LogP contribution is -2.46. The monoisotopic (exact) mass is 450 g/mol. The molecule has 154 valence electrons. The average molecular weight is 451 g/mol. The minimum Gasteiger partial charge on any atom is -0.361 e. The number of halogens is 4. The first-order valence-corrected chi connectivity index (χ1v) is 9.89. The van der Waals surface area contributed by atoms with E-state index in [1.165, 1.54) is 11.9 Å². The predicted molar refractivity (Wildman–Crippen MR) is 110 cm³/mol. The summed E-state index contributed by atoms with van der Waals surface area (Å²) < 4.78 is 43.0. The first-order valence-electron chi connectivity index (χ1n) is 8.69. The van der Waals surface area contributed by atoms with Crippen molar-refractivity contribution in [2.24, 2.45) is 0 Å². The smallest absolute Gasteiger partial charge is 0.255 e. The number of hydrogen-bond donors (Lipinski definition) is 3. The molecule has 0 saturated carbocycles. The molecule has 2 heterocycles. The average Bonchev–Trinajstić information content (AvgIpc) is 2.72. The highest BCUT2D eigenvalue weighted by molar-refractivity contribution is 7.97. The maximum Gasteiger partial charge on any atom is 0.255 e. The minimum absolute atomic E-state index is 0.181. The van der Waals surface area contributed by atoms with Crippen LogP contribution in [0.2, 0.25) is 5.02 Å². The van der Waals surface area contributed by atoms with Crippen LogP contribution in [0.5, 0.6) is 0 Å². The number of hydrogen-bond acceptors (Lipinski definition) is 5. The Balaban J connectivity index is 1.54. The Hall–Kier alpha value is -2.75. The van der Waals surface area contributed by atoms with E-state index in [0.717, 1.165) is 28.4 Å². The highest BCUT2D eigenvalue weighted by Crippen LogP contribution is 2.38. The van der Waals surface area contributed by atoms with E-state index >= 15 is 0 Å². The maximum absolute atomic E-state index is 13.4. The normalized spacial score (nSPS) is 17.8. The summed E-state index contributed by atoms with van der Waals surface area (Å²) in [5.41, 5.74) is 0.915. The molecule has 2 aromatic carbocycles. The van der Waals surface area contributed by atoms with Crippen molar-refractivity contribution in [3.8, 4) is 0 Å². The SMILES string of the molecule is CC1(c2ccc(Cl)cn2)NSc2cc(C(=O)Nc3cc(F)c(F)c(F)c3)ccc2N1. The Kier molecular flexibility index (Phi) is 5.35. The summed E-state index contributed by atoms with van der Waals surface area (Å²) in [6.45, 7) is 1.91. The third-order valence-corrected chi connectivity index (χ3v) is 5.77. The van der Waals surface area contributed by atoms with E-state index in [9.17, 15) is 18.0 Å². The predicted octanol–water partition coefficient (Wildman–Crippen LogP) is 5.30. The lowest BCUT2D eigenvalue weighted by Gasteiger charge is -2.36. The van der Waals surface area contributed by atoms with Gasteiger partial charge in [-0.2, -0.15) is 0 Å². The zero-order valence-corrected chi connectivity index (χ0v) is 17.0. The molecule has 0 radical (unpaired) electrons. The van der Waals surface area contributed by atoms with Crippen LogP contribution in [0.1, 0.15) is 23.0 Å². The van der Waals surface area contributed by atoms with Crippen molar-refractivity contribution in [1.82, 2.24) is 9.71 Å². The van der Waals surface area contributed by atoms with Crippen LogP contribution in [-0.2, 0) is 5.66 Å². The van der Waals surface area contributed by atoms with Gasteiger partial charge in [0, 0.05) is 34.5 Å². The summed E-state index contributed by atoms with van der Waals surface area (Å²) in [4.78, 5) is 17.5. The van der Waals surface area contributed by atoms with Crippen molar-refractivity contribution in [2.75, 3.05) is 10.6 Å². The molecule has 1 unspecified atom stereocenters. The fourth-order valence-electron chi connectivity index (χ4n) is 2.92. The molecule has 10 heteroatoms. The standard InChI is InChI=1S/C20H14ClF3N4OS/c1-20(17-5-3-11(21)9-25-17)27-15-4-2-10(6-16(15)30-28-20)19(29)26-12-7-13(22)18(24)14(23)8-12/h2-9,27-28H,1H3,(H,26,29). The number of fused-ring (bicyclic) bond motifs is 1. The summed E-state index contributed by atoms with van der Waals surface area (Å²) in [5, 5.41) is 6.23. The van der Waals surface area contributed by atoms with Gasteiger partial charge in [0.05, 0.1) is 16.4 Å². The van der Waals surface area contributed by atoms with Crippen LogP contribution in [0.3, 0.4) is 0 Å². The zero-order chi connectivity index (χ0) is 21.5. The van der Waals surface area contributed by atoms with Crippen molar-refractivity contribution < 1.29 is 18.0 Å². The molecule has 0 spiro atoms. The molecule has 0 fully saturated rings. The van der Waals surface area contributed by atoms with Crippen LogP contribution >= 0.6 is 23.5 Å². The van der Waals surface area contributed by atoms with E-state index in [1.807, 2.05) is 6.92 Å². The number of rotatable bonds is 3. The first kappa shape index (κ1) is 20.5. The molecule has 1 aliphatic rings. The number of nitrogens with zero attached hydrogens (tertiary/aromatic N) is 1. The molecule has 0 aliphatic carbocycles. The molecular formula is C20H14ClF3N4OS. The number of amides is 1. The largest absolute Gasteiger partial charge is 0.361 e. The van der Waals surface area contributed by atoms with Crippen LogP contribution in [0.15, 0.2) is 53.6 Å². The number of benzene rings is 2. The Morgan fingerprint density at radius 2 is 1.87 bits per heavy atom. The topological polar surface area (TPSA) is 66.0 Å². The maximum atomic E-state index is 13.4. The van der Waals surface area contributed by atoms with Gasteiger partial charge in [0.1, 0.15) is 5.66 Å². The number of anilines is 2. The van der Waals surface area contributed by atoms with Crippen LogP contribution in [0, 0.1) is 17.5 Å².